The van der Waals surface area contributed by atoms with Gasteiger partial charge in [-0.15, -0.1) is 0 Å². The SMILES string of the molecule is O=C(COc1ccc(Cl)cc1Br)NCCc1ccccc1. The number of carbonyl (C=O) groups excluding carboxylic acids is 1. The van der Waals surface area contributed by atoms with Gasteiger partial charge >= 0.3 is 0 Å². The number of rotatable bonds is 6. The normalized spacial score (nSPS) is 10.2. The van der Waals surface area contributed by atoms with Crippen molar-refractivity contribution in [2.24, 2.45) is 0 Å². The van der Waals surface area contributed by atoms with E-state index in [0.717, 1.165) is 10.9 Å². The Balaban J connectivity index is 1.72. The van der Waals surface area contributed by atoms with Crippen molar-refractivity contribution in [1.82, 2.24) is 5.32 Å². The van der Waals surface area contributed by atoms with Crippen LogP contribution in [0, 0.1) is 0 Å². The van der Waals surface area contributed by atoms with Crippen molar-refractivity contribution in [1.29, 1.82) is 0 Å². The van der Waals surface area contributed by atoms with Crippen LogP contribution >= 0.6 is 27.5 Å². The Morgan fingerprint density at radius 3 is 2.67 bits per heavy atom. The van der Waals surface area contributed by atoms with E-state index in [2.05, 4.69) is 21.2 Å². The third-order valence-corrected chi connectivity index (χ3v) is 3.69. The van der Waals surface area contributed by atoms with Gasteiger partial charge in [0.1, 0.15) is 5.75 Å². The Bertz CT molecular complexity index is 604. The van der Waals surface area contributed by atoms with E-state index >= 15 is 0 Å². The highest BCUT2D eigenvalue weighted by Crippen LogP contribution is 2.27. The molecule has 0 aliphatic carbocycles. The molecular formula is C16H15BrClNO2. The average Bonchev–Trinajstić information content (AvgIpc) is 2.47. The van der Waals surface area contributed by atoms with Gasteiger partial charge in [-0.1, -0.05) is 41.9 Å². The van der Waals surface area contributed by atoms with Crippen LogP contribution in [0.2, 0.25) is 5.02 Å². The second-order valence-electron chi connectivity index (χ2n) is 4.45. The van der Waals surface area contributed by atoms with Gasteiger partial charge in [0, 0.05) is 11.6 Å². The fourth-order valence-corrected chi connectivity index (χ4v) is 2.57. The lowest BCUT2D eigenvalue weighted by molar-refractivity contribution is -0.123. The zero-order chi connectivity index (χ0) is 15.1. The van der Waals surface area contributed by atoms with Crippen LogP contribution in [0.1, 0.15) is 5.56 Å². The summed E-state index contributed by atoms with van der Waals surface area (Å²) < 4.78 is 6.17. The molecule has 0 aromatic heterocycles. The fraction of sp³-hybridized carbons (Fsp3) is 0.188. The zero-order valence-electron chi connectivity index (χ0n) is 11.3. The number of halogens is 2. The Kier molecular flexibility index (Phi) is 6.08. The van der Waals surface area contributed by atoms with E-state index in [1.54, 1.807) is 18.2 Å². The number of amides is 1. The molecule has 110 valence electrons. The number of ether oxygens (including phenoxy) is 1. The molecule has 0 fully saturated rings. The summed E-state index contributed by atoms with van der Waals surface area (Å²) in [7, 11) is 0. The van der Waals surface area contributed by atoms with Gasteiger partial charge in [0.25, 0.3) is 5.91 Å². The number of nitrogens with one attached hydrogen (secondary N) is 1. The van der Waals surface area contributed by atoms with Crippen LogP contribution in [-0.2, 0) is 11.2 Å². The summed E-state index contributed by atoms with van der Waals surface area (Å²) in [6.45, 7) is 0.572. The van der Waals surface area contributed by atoms with Gasteiger partial charge in [0.2, 0.25) is 0 Å². The molecule has 1 amide bonds. The lowest BCUT2D eigenvalue weighted by Crippen LogP contribution is -2.30. The second kappa shape index (κ2) is 8.05. The summed E-state index contributed by atoms with van der Waals surface area (Å²) in [5.74, 6) is 0.449. The maximum atomic E-state index is 11.7. The second-order valence-corrected chi connectivity index (χ2v) is 5.74. The van der Waals surface area contributed by atoms with Crippen LogP contribution in [0.4, 0.5) is 0 Å². The van der Waals surface area contributed by atoms with Gasteiger partial charge in [0.15, 0.2) is 6.61 Å². The molecule has 5 heteroatoms. The van der Waals surface area contributed by atoms with Crippen LogP contribution in [-0.4, -0.2) is 19.1 Å². The van der Waals surface area contributed by atoms with Gasteiger partial charge < -0.3 is 10.1 Å². The molecule has 2 aromatic rings. The first kappa shape index (κ1) is 15.9. The van der Waals surface area contributed by atoms with E-state index in [-0.39, 0.29) is 12.5 Å². The predicted molar refractivity (Wildman–Crippen MR) is 87.8 cm³/mol. The molecule has 0 saturated heterocycles. The first-order valence-electron chi connectivity index (χ1n) is 6.53. The molecular weight excluding hydrogens is 354 g/mol. The third kappa shape index (κ3) is 5.40. The summed E-state index contributed by atoms with van der Waals surface area (Å²) in [6, 6.07) is 15.2. The molecule has 0 unspecified atom stereocenters. The quantitative estimate of drug-likeness (QED) is 0.841. The highest BCUT2D eigenvalue weighted by molar-refractivity contribution is 9.10. The van der Waals surface area contributed by atoms with Crippen molar-refractivity contribution in [2.75, 3.05) is 13.2 Å². The Morgan fingerprint density at radius 2 is 1.95 bits per heavy atom. The van der Waals surface area contributed by atoms with Gasteiger partial charge in [-0.3, -0.25) is 4.79 Å². The van der Waals surface area contributed by atoms with Crippen LogP contribution in [0.15, 0.2) is 53.0 Å². The molecule has 0 aliphatic heterocycles. The van der Waals surface area contributed by atoms with Crippen LogP contribution < -0.4 is 10.1 Å². The standard InChI is InChI=1S/C16H15BrClNO2/c17-14-10-13(18)6-7-15(14)21-11-16(20)19-9-8-12-4-2-1-3-5-12/h1-7,10H,8-9,11H2,(H,19,20). The smallest absolute Gasteiger partial charge is 0.257 e. The molecule has 21 heavy (non-hydrogen) atoms. The van der Waals surface area contributed by atoms with Gasteiger partial charge in [0.05, 0.1) is 4.47 Å². The number of carbonyl (C=O) groups is 1. The van der Waals surface area contributed by atoms with Crippen LogP contribution in [0.25, 0.3) is 0 Å². The van der Waals surface area contributed by atoms with Crippen molar-refractivity contribution in [3.63, 3.8) is 0 Å². The minimum absolute atomic E-state index is 0.0188. The van der Waals surface area contributed by atoms with Crippen LogP contribution in [0.5, 0.6) is 5.75 Å². The molecule has 0 saturated carbocycles. The van der Waals surface area contributed by atoms with Crippen molar-refractivity contribution in [3.05, 3.63) is 63.6 Å². The summed E-state index contributed by atoms with van der Waals surface area (Å²) in [5.41, 5.74) is 1.19. The summed E-state index contributed by atoms with van der Waals surface area (Å²) in [6.07, 6.45) is 0.803. The predicted octanol–water partition coefficient (Wildman–Crippen LogP) is 3.84. The first-order chi connectivity index (χ1) is 10.1. The van der Waals surface area contributed by atoms with Crippen LogP contribution in [0.3, 0.4) is 0 Å². The van der Waals surface area contributed by atoms with Gasteiger partial charge in [-0.05, 0) is 46.1 Å². The number of benzene rings is 2. The van der Waals surface area contributed by atoms with Crippen molar-refractivity contribution in [3.8, 4) is 5.75 Å². The largest absolute Gasteiger partial charge is 0.483 e. The topological polar surface area (TPSA) is 38.3 Å². The molecule has 2 aromatic carbocycles. The lowest BCUT2D eigenvalue weighted by atomic mass is 10.1. The van der Waals surface area contributed by atoms with E-state index in [9.17, 15) is 4.79 Å². The fourth-order valence-electron chi connectivity index (χ4n) is 1.78. The molecule has 0 bridgehead atoms. The third-order valence-electron chi connectivity index (χ3n) is 2.83. The Morgan fingerprint density at radius 1 is 1.19 bits per heavy atom. The first-order valence-corrected chi connectivity index (χ1v) is 7.71. The molecule has 3 nitrogen and oxygen atoms in total. The van der Waals surface area contributed by atoms with Crippen molar-refractivity contribution in [2.45, 2.75) is 6.42 Å². The lowest BCUT2D eigenvalue weighted by Gasteiger charge is -2.09. The minimum atomic E-state index is -0.146. The summed E-state index contributed by atoms with van der Waals surface area (Å²) in [5, 5.41) is 3.44. The molecule has 0 aliphatic rings. The minimum Gasteiger partial charge on any atom is -0.483 e. The number of hydrogen-bond donors (Lipinski definition) is 1. The number of hydrogen-bond acceptors (Lipinski definition) is 2. The van der Waals surface area contributed by atoms with E-state index in [1.165, 1.54) is 5.56 Å². The molecule has 1 N–H and O–H groups in total. The monoisotopic (exact) mass is 367 g/mol. The Labute approximate surface area is 137 Å². The highest BCUT2D eigenvalue weighted by Gasteiger charge is 2.05. The van der Waals surface area contributed by atoms with Gasteiger partial charge in [-0.2, -0.15) is 0 Å². The van der Waals surface area contributed by atoms with E-state index in [1.807, 2.05) is 30.3 Å². The van der Waals surface area contributed by atoms with E-state index in [0.29, 0.717) is 17.3 Å². The molecule has 0 heterocycles. The van der Waals surface area contributed by atoms with Crippen molar-refractivity contribution >= 4 is 33.4 Å². The Hall–Kier alpha value is -1.52. The van der Waals surface area contributed by atoms with Crippen molar-refractivity contribution < 1.29 is 9.53 Å². The van der Waals surface area contributed by atoms with E-state index in [4.69, 9.17) is 16.3 Å². The molecule has 0 atom stereocenters. The van der Waals surface area contributed by atoms with E-state index < -0.39 is 0 Å². The molecule has 0 spiro atoms. The molecule has 0 radical (unpaired) electrons. The zero-order valence-corrected chi connectivity index (χ0v) is 13.7. The average molecular weight is 369 g/mol. The summed E-state index contributed by atoms with van der Waals surface area (Å²) >= 11 is 9.18. The van der Waals surface area contributed by atoms with Gasteiger partial charge in [-0.25, -0.2) is 0 Å². The highest BCUT2D eigenvalue weighted by atomic mass is 79.9. The molecule has 2 rings (SSSR count). The summed E-state index contributed by atoms with van der Waals surface area (Å²) in [4.78, 5) is 11.7. The maximum absolute atomic E-state index is 11.7. The maximum Gasteiger partial charge on any atom is 0.257 e.